The predicted octanol–water partition coefficient (Wildman–Crippen LogP) is 2.80. The van der Waals surface area contributed by atoms with E-state index in [1.807, 2.05) is 0 Å². The van der Waals surface area contributed by atoms with E-state index >= 15 is 0 Å². The highest BCUT2D eigenvalue weighted by Gasteiger charge is 2.25. The maximum atomic E-state index is 3.92. The van der Waals surface area contributed by atoms with Gasteiger partial charge in [0.05, 0.1) is 0 Å². The Labute approximate surface area is 101 Å². The Morgan fingerprint density at radius 1 is 1.44 bits per heavy atom. The molecule has 0 bridgehead atoms. The first-order chi connectivity index (χ1) is 7.44. The number of likely N-dealkylation sites (tertiary alicyclic amines) is 1. The second-order valence-electron chi connectivity index (χ2n) is 5.99. The van der Waals surface area contributed by atoms with Crippen LogP contribution in [0.15, 0.2) is 12.7 Å². The first-order valence-electron chi connectivity index (χ1n) is 6.57. The molecule has 1 saturated heterocycles. The zero-order valence-electron chi connectivity index (χ0n) is 11.4. The van der Waals surface area contributed by atoms with Crippen LogP contribution in [0, 0.1) is 0 Å². The molecule has 2 heteroatoms. The van der Waals surface area contributed by atoms with E-state index in [2.05, 4.69) is 50.6 Å². The van der Waals surface area contributed by atoms with Gasteiger partial charge < -0.3 is 5.32 Å². The molecule has 0 amide bonds. The fourth-order valence-electron chi connectivity index (χ4n) is 2.34. The molecule has 2 unspecified atom stereocenters. The SMILES string of the molecule is C=CC(C)N1CCCCC1CNC(C)(C)C. The van der Waals surface area contributed by atoms with Crippen molar-refractivity contribution in [1.29, 1.82) is 0 Å². The van der Waals surface area contributed by atoms with Crippen LogP contribution in [0.1, 0.15) is 47.0 Å². The summed E-state index contributed by atoms with van der Waals surface area (Å²) < 4.78 is 0. The molecule has 2 nitrogen and oxygen atoms in total. The molecular formula is C14H28N2. The molecule has 1 fully saturated rings. The smallest absolute Gasteiger partial charge is 0.0250 e. The molecule has 0 spiro atoms. The summed E-state index contributed by atoms with van der Waals surface area (Å²) in [5.74, 6) is 0. The van der Waals surface area contributed by atoms with Crippen LogP contribution in [0.2, 0.25) is 0 Å². The molecular weight excluding hydrogens is 196 g/mol. The number of nitrogens with zero attached hydrogens (tertiary/aromatic N) is 1. The van der Waals surface area contributed by atoms with E-state index in [1.54, 1.807) is 0 Å². The highest BCUT2D eigenvalue weighted by Crippen LogP contribution is 2.20. The molecule has 0 aliphatic carbocycles. The van der Waals surface area contributed by atoms with Gasteiger partial charge in [0.2, 0.25) is 0 Å². The average Bonchev–Trinajstić information content (AvgIpc) is 2.25. The van der Waals surface area contributed by atoms with E-state index in [1.165, 1.54) is 25.8 Å². The van der Waals surface area contributed by atoms with Crippen LogP contribution < -0.4 is 5.32 Å². The van der Waals surface area contributed by atoms with Crippen molar-refractivity contribution in [3.05, 3.63) is 12.7 Å². The summed E-state index contributed by atoms with van der Waals surface area (Å²) in [5.41, 5.74) is 0.223. The van der Waals surface area contributed by atoms with E-state index in [9.17, 15) is 0 Å². The van der Waals surface area contributed by atoms with Gasteiger partial charge >= 0.3 is 0 Å². The lowest BCUT2D eigenvalue weighted by Gasteiger charge is -2.40. The van der Waals surface area contributed by atoms with Crippen LogP contribution in [0.3, 0.4) is 0 Å². The molecule has 0 aromatic carbocycles. The fraction of sp³-hybridized carbons (Fsp3) is 0.857. The summed E-state index contributed by atoms with van der Waals surface area (Å²) in [6.45, 7) is 15.2. The van der Waals surface area contributed by atoms with Crippen molar-refractivity contribution in [2.75, 3.05) is 13.1 Å². The molecule has 1 aliphatic heterocycles. The number of hydrogen-bond donors (Lipinski definition) is 1. The van der Waals surface area contributed by atoms with Gasteiger partial charge in [0.15, 0.2) is 0 Å². The minimum Gasteiger partial charge on any atom is -0.311 e. The monoisotopic (exact) mass is 224 g/mol. The van der Waals surface area contributed by atoms with Gasteiger partial charge in [0, 0.05) is 24.2 Å². The Morgan fingerprint density at radius 2 is 2.12 bits per heavy atom. The van der Waals surface area contributed by atoms with Gasteiger partial charge in [-0.15, -0.1) is 6.58 Å². The maximum absolute atomic E-state index is 3.92. The number of nitrogens with one attached hydrogen (secondary N) is 1. The van der Waals surface area contributed by atoms with Crippen LogP contribution in [-0.2, 0) is 0 Å². The topological polar surface area (TPSA) is 15.3 Å². The van der Waals surface area contributed by atoms with Crippen LogP contribution in [0.25, 0.3) is 0 Å². The second kappa shape index (κ2) is 5.83. The van der Waals surface area contributed by atoms with Crippen molar-refractivity contribution in [3.8, 4) is 0 Å². The second-order valence-corrected chi connectivity index (χ2v) is 5.99. The molecule has 1 rings (SSSR count). The molecule has 1 heterocycles. The van der Waals surface area contributed by atoms with E-state index in [-0.39, 0.29) is 5.54 Å². The summed E-state index contributed by atoms with van der Waals surface area (Å²) >= 11 is 0. The van der Waals surface area contributed by atoms with Crippen LogP contribution in [0.4, 0.5) is 0 Å². The summed E-state index contributed by atoms with van der Waals surface area (Å²) in [4.78, 5) is 2.59. The van der Waals surface area contributed by atoms with Crippen LogP contribution in [-0.4, -0.2) is 35.6 Å². The summed E-state index contributed by atoms with van der Waals surface area (Å²) in [6.07, 6.45) is 6.09. The largest absolute Gasteiger partial charge is 0.311 e. The van der Waals surface area contributed by atoms with Crippen molar-refractivity contribution in [2.24, 2.45) is 0 Å². The van der Waals surface area contributed by atoms with Crippen molar-refractivity contribution in [2.45, 2.75) is 64.6 Å². The highest BCUT2D eigenvalue weighted by molar-refractivity contribution is 4.91. The summed E-state index contributed by atoms with van der Waals surface area (Å²) in [6, 6.07) is 1.19. The van der Waals surface area contributed by atoms with E-state index < -0.39 is 0 Å². The molecule has 1 aliphatic rings. The van der Waals surface area contributed by atoms with Gasteiger partial charge in [0.1, 0.15) is 0 Å². The number of hydrogen-bond acceptors (Lipinski definition) is 2. The minimum atomic E-state index is 0.223. The number of piperidine rings is 1. The lowest BCUT2D eigenvalue weighted by molar-refractivity contribution is 0.117. The Morgan fingerprint density at radius 3 is 2.69 bits per heavy atom. The Kier molecular flexibility index (Phi) is 5.00. The quantitative estimate of drug-likeness (QED) is 0.739. The molecule has 0 saturated carbocycles. The average molecular weight is 224 g/mol. The van der Waals surface area contributed by atoms with E-state index in [4.69, 9.17) is 0 Å². The van der Waals surface area contributed by atoms with Crippen molar-refractivity contribution >= 4 is 0 Å². The van der Waals surface area contributed by atoms with Gasteiger partial charge in [-0.25, -0.2) is 0 Å². The minimum absolute atomic E-state index is 0.223. The standard InChI is InChI=1S/C14H28N2/c1-6-12(2)16-10-8-7-9-13(16)11-15-14(3,4)5/h6,12-13,15H,1,7-11H2,2-5H3. The molecule has 2 atom stereocenters. The molecule has 16 heavy (non-hydrogen) atoms. The van der Waals surface area contributed by atoms with Crippen molar-refractivity contribution < 1.29 is 0 Å². The Balaban J connectivity index is 2.50. The lowest BCUT2D eigenvalue weighted by Crippen LogP contribution is -2.51. The van der Waals surface area contributed by atoms with Gasteiger partial charge in [-0.3, -0.25) is 4.90 Å². The zero-order valence-corrected chi connectivity index (χ0v) is 11.4. The lowest BCUT2D eigenvalue weighted by atomic mass is 9.98. The van der Waals surface area contributed by atoms with Crippen molar-refractivity contribution in [3.63, 3.8) is 0 Å². The molecule has 0 radical (unpaired) electrons. The highest BCUT2D eigenvalue weighted by atomic mass is 15.2. The fourth-order valence-corrected chi connectivity index (χ4v) is 2.34. The van der Waals surface area contributed by atoms with E-state index in [0.717, 1.165) is 6.54 Å². The zero-order chi connectivity index (χ0) is 12.2. The predicted molar refractivity (Wildman–Crippen MR) is 71.8 cm³/mol. The Hall–Kier alpha value is -0.340. The molecule has 0 aromatic heterocycles. The van der Waals surface area contributed by atoms with E-state index in [0.29, 0.717) is 12.1 Å². The first-order valence-corrected chi connectivity index (χ1v) is 6.57. The normalized spacial score (nSPS) is 25.4. The third-order valence-corrected chi connectivity index (χ3v) is 3.40. The van der Waals surface area contributed by atoms with Crippen molar-refractivity contribution in [1.82, 2.24) is 10.2 Å². The summed E-state index contributed by atoms with van der Waals surface area (Å²) in [7, 11) is 0. The van der Waals surface area contributed by atoms with Gasteiger partial charge in [-0.05, 0) is 47.1 Å². The molecule has 1 N–H and O–H groups in total. The molecule has 0 aromatic rings. The van der Waals surface area contributed by atoms with Crippen LogP contribution >= 0.6 is 0 Å². The third kappa shape index (κ3) is 4.26. The molecule has 94 valence electrons. The number of rotatable bonds is 4. The maximum Gasteiger partial charge on any atom is 0.0250 e. The Bertz CT molecular complexity index is 217. The van der Waals surface area contributed by atoms with Gasteiger partial charge in [-0.1, -0.05) is 12.5 Å². The summed E-state index contributed by atoms with van der Waals surface area (Å²) in [5, 5.41) is 3.62. The van der Waals surface area contributed by atoms with Crippen LogP contribution in [0.5, 0.6) is 0 Å². The van der Waals surface area contributed by atoms with Gasteiger partial charge in [-0.2, -0.15) is 0 Å². The third-order valence-electron chi connectivity index (χ3n) is 3.40. The van der Waals surface area contributed by atoms with Gasteiger partial charge in [0.25, 0.3) is 0 Å². The first kappa shape index (κ1) is 13.7.